The predicted octanol–water partition coefficient (Wildman–Crippen LogP) is 3.73. The van der Waals surface area contributed by atoms with E-state index in [1.807, 2.05) is 16.7 Å². The molecule has 0 spiro atoms. The number of nitrogens with zero attached hydrogens (tertiary/aromatic N) is 1. The predicted molar refractivity (Wildman–Crippen MR) is 92.7 cm³/mol. The van der Waals surface area contributed by atoms with E-state index in [1.165, 1.54) is 4.88 Å². The van der Waals surface area contributed by atoms with Gasteiger partial charge in [0.2, 0.25) is 5.91 Å². The molecule has 0 aliphatic carbocycles. The maximum absolute atomic E-state index is 12.7. The van der Waals surface area contributed by atoms with E-state index in [2.05, 4.69) is 49.9 Å². The van der Waals surface area contributed by atoms with Crippen molar-refractivity contribution in [3.8, 4) is 0 Å². The molecule has 0 radical (unpaired) electrons. The summed E-state index contributed by atoms with van der Waals surface area (Å²) >= 11 is 3.59. The summed E-state index contributed by atoms with van der Waals surface area (Å²) in [4.78, 5) is 16.0. The molecule has 1 saturated heterocycles. The van der Waals surface area contributed by atoms with Crippen LogP contribution < -0.4 is 5.32 Å². The summed E-state index contributed by atoms with van der Waals surface area (Å²) in [5, 5.41) is 6.22. The molecule has 118 valence electrons. The average molecular weight is 327 g/mol. The van der Waals surface area contributed by atoms with Gasteiger partial charge in [0.15, 0.2) is 0 Å². The van der Waals surface area contributed by atoms with Crippen LogP contribution in [-0.4, -0.2) is 34.9 Å². The zero-order chi connectivity index (χ0) is 15.4. The van der Waals surface area contributed by atoms with Gasteiger partial charge in [0.1, 0.15) is 6.17 Å². The zero-order valence-corrected chi connectivity index (χ0v) is 15.0. The molecule has 1 aromatic rings. The third-order valence-corrected chi connectivity index (χ3v) is 5.92. The fourth-order valence-electron chi connectivity index (χ4n) is 2.68. The molecule has 1 fully saturated rings. The highest BCUT2D eigenvalue weighted by Crippen LogP contribution is 2.31. The van der Waals surface area contributed by atoms with Crippen molar-refractivity contribution in [1.29, 1.82) is 0 Å². The highest BCUT2D eigenvalue weighted by atomic mass is 32.2. The second kappa shape index (κ2) is 7.65. The Hall–Kier alpha value is -0.520. The number of thiophene rings is 1. The summed E-state index contributed by atoms with van der Waals surface area (Å²) in [5.74, 6) is 0.802. The summed E-state index contributed by atoms with van der Waals surface area (Å²) in [7, 11) is 0. The molecule has 1 amide bonds. The van der Waals surface area contributed by atoms with Crippen LogP contribution in [0.1, 0.15) is 44.7 Å². The van der Waals surface area contributed by atoms with Crippen LogP contribution in [0.3, 0.4) is 0 Å². The largest absolute Gasteiger partial charge is 0.321 e. The van der Waals surface area contributed by atoms with Gasteiger partial charge < -0.3 is 4.90 Å². The molecular weight excluding hydrogens is 300 g/mol. The molecule has 3 unspecified atom stereocenters. The lowest BCUT2D eigenvalue weighted by Crippen LogP contribution is -2.33. The van der Waals surface area contributed by atoms with Crippen LogP contribution in [0.4, 0.5) is 0 Å². The monoisotopic (exact) mass is 326 g/mol. The number of hydrogen-bond acceptors (Lipinski definition) is 4. The summed E-state index contributed by atoms with van der Waals surface area (Å²) in [6.45, 7) is 7.41. The van der Waals surface area contributed by atoms with Gasteiger partial charge in [0, 0.05) is 16.7 Å². The van der Waals surface area contributed by atoms with Crippen molar-refractivity contribution in [1.82, 2.24) is 10.2 Å². The molecular formula is C16H26N2OS2. The van der Waals surface area contributed by atoms with E-state index >= 15 is 0 Å². The average Bonchev–Trinajstić information content (AvgIpc) is 3.05. The van der Waals surface area contributed by atoms with Crippen LogP contribution in [0.2, 0.25) is 0 Å². The molecule has 1 aliphatic rings. The lowest BCUT2D eigenvalue weighted by Gasteiger charge is -2.24. The first-order chi connectivity index (χ1) is 10.0. The lowest BCUT2D eigenvalue weighted by atomic mass is 10.0. The van der Waals surface area contributed by atoms with Crippen LogP contribution in [-0.2, 0) is 4.79 Å². The molecule has 0 aromatic carbocycles. The number of rotatable bonds is 7. The standard InChI is InChI=1S/C16H26N2OS2/c1-11(2)10-13-16(19)18(8-7-12(3)20-4)15(17-13)14-6-5-9-21-14/h5-6,9,11-13,15,17H,7-8,10H2,1-4H3. The van der Waals surface area contributed by atoms with Crippen molar-refractivity contribution >= 4 is 29.0 Å². The Morgan fingerprint density at radius 2 is 2.19 bits per heavy atom. The van der Waals surface area contributed by atoms with Gasteiger partial charge in [-0.15, -0.1) is 11.3 Å². The SMILES string of the molecule is CSC(C)CCN1C(=O)C(CC(C)C)NC1c1cccs1. The van der Waals surface area contributed by atoms with Gasteiger partial charge in [-0.1, -0.05) is 26.8 Å². The maximum Gasteiger partial charge on any atom is 0.241 e. The minimum Gasteiger partial charge on any atom is -0.321 e. The second-order valence-corrected chi connectivity index (χ2v) is 8.39. The fourth-order valence-corrected chi connectivity index (χ4v) is 3.82. The topological polar surface area (TPSA) is 32.3 Å². The Labute approximate surface area is 136 Å². The number of thioether (sulfide) groups is 1. The Bertz CT molecular complexity index is 447. The molecule has 0 saturated carbocycles. The Morgan fingerprint density at radius 3 is 2.76 bits per heavy atom. The van der Waals surface area contributed by atoms with Gasteiger partial charge in [-0.2, -0.15) is 11.8 Å². The van der Waals surface area contributed by atoms with Gasteiger partial charge in [0.05, 0.1) is 6.04 Å². The number of carbonyl (C=O) groups is 1. The van der Waals surface area contributed by atoms with Crippen LogP contribution in [0, 0.1) is 5.92 Å². The van der Waals surface area contributed by atoms with Gasteiger partial charge in [-0.05, 0) is 36.5 Å². The van der Waals surface area contributed by atoms with Crippen molar-refractivity contribution < 1.29 is 4.79 Å². The number of hydrogen-bond donors (Lipinski definition) is 1. The van der Waals surface area contributed by atoms with Crippen LogP contribution in [0.15, 0.2) is 17.5 Å². The van der Waals surface area contributed by atoms with E-state index in [1.54, 1.807) is 11.3 Å². The Morgan fingerprint density at radius 1 is 1.43 bits per heavy atom. The number of nitrogens with one attached hydrogen (secondary N) is 1. The van der Waals surface area contributed by atoms with Gasteiger partial charge >= 0.3 is 0 Å². The zero-order valence-electron chi connectivity index (χ0n) is 13.3. The molecule has 1 aromatic heterocycles. The van der Waals surface area contributed by atoms with Gasteiger partial charge in [0.25, 0.3) is 0 Å². The smallest absolute Gasteiger partial charge is 0.241 e. The van der Waals surface area contributed by atoms with Gasteiger partial charge in [-0.3, -0.25) is 10.1 Å². The summed E-state index contributed by atoms with van der Waals surface area (Å²) in [6, 6.07) is 4.16. The quantitative estimate of drug-likeness (QED) is 0.828. The minimum atomic E-state index is -0.0262. The summed E-state index contributed by atoms with van der Waals surface area (Å²) in [5.41, 5.74) is 0. The molecule has 5 heteroatoms. The fraction of sp³-hybridized carbons (Fsp3) is 0.688. The highest BCUT2D eigenvalue weighted by Gasteiger charge is 2.39. The van der Waals surface area contributed by atoms with Crippen molar-refractivity contribution in [2.45, 2.75) is 51.1 Å². The van der Waals surface area contributed by atoms with Crippen LogP contribution in [0.25, 0.3) is 0 Å². The lowest BCUT2D eigenvalue weighted by molar-refractivity contribution is -0.130. The first-order valence-corrected chi connectivity index (χ1v) is 9.82. The summed E-state index contributed by atoms with van der Waals surface area (Å²) < 4.78 is 0. The molecule has 0 bridgehead atoms. The van der Waals surface area contributed by atoms with Gasteiger partial charge in [-0.25, -0.2) is 0 Å². The van der Waals surface area contributed by atoms with Crippen molar-refractivity contribution in [2.24, 2.45) is 5.92 Å². The van der Waals surface area contributed by atoms with E-state index in [9.17, 15) is 4.79 Å². The summed E-state index contributed by atoms with van der Waals surface area (Å²) in [6.07, 6.45) is 4.16. The van der Waals surface area contributed by atoms with E-state index in [-0.39, 0.29) is 18.1 Å². The van der Waals surface area contributed by atoms with E-state index in [0.717, 1.165) is 19.4 Å². The second-order valence-electron chi connectivity index (χ2n) is 6.13. The van der Waals surface area contributed by atoms with Crippen LogP contribution >= 0.6 is 23.1 Å². The van der Waals surface area contributed by atoms with Crippen molar-refractivity contribution in [3.63, 3.8) is 0 Å². The Kier molecular flexibility index (Phi) is 6.14. The minimum absolute atomic E-state index is 0.0262. The molecule has 1 N–H and O–H groups in total. The third-order valence-electron chi connectivity index (χ3n) is 3.95. The molecule has 1 aliphatic heterocycles. The Balaban J connectivity index is 2.10. The molecule has 3 nitrogen and oxygen atoms in total. The van der Waals surface area contributed by atoms with Crippen LogP contribution in [0.5, 0.6) is 0 Å². The first-order valence-electron chi connectivity index (χ1n) is 7.65. The van der Waals surface area contributed by atoms with Crippen molar-refractivity contribution in [3.05, 3.63) is 22.4 Å². The highest BCUT2D eigenvalue weighted by molar-refractivity contribution is 7.99. The maximum atomic E-state index is 12.7. The molecule has 2 rings (SSSR count). The van der Waals surface area contributed by atoms with E-state index in [0.29, 0.717) is 11.2 Å². The third kappa shape index (κ3) is 4.24. The van der Waals surface area contributed by atoms with E-state index < -0.39 is 0 Å². The molecule has 3 atom stereocenters. The van der Waals surface area contributed by atoms with E-state index in [4.69, 9.17) is 0 Å². The number of carbonyl (C=O) groups excluding carboxylic acids is 1. The molecule has 2 heterocycles. The normalized spacial score (nSPS) is 24.0. The first kappa shape index (κ1) is 16.8. The number of amides is 1. The molecule has 21 heavy (non-hydrogen) atoms. The van der Waals surface area contributed by atoms with Crippen molar-refractivity contribution in [2.75, 3.05) is 12.8 Å².